The topological polar surface area (TPSA) is 72.3 Å². The summed E-state index contributed by atoms with van der Waals surface area (Å²) >= 11 is 1.51. The Kier molecular flexibility index (Phi) is 3.30. The molecular formula is C14H10N2O3S. The first-order chi connectivity index (χ1) is 9.72. The number of hydrogen-bond donors (Lipinski definition) is 1. The molecule has 0 aliphatic heterocycles. The molecule has 5 nitrogen and oxygen atoms in total. The summed E-state index contributed by atoms with van der Waals surface area (Å²) < 4.78 is 5.73. The molecule has 0 saturated heterocycles. The molecular weight excluding hydrogens is 276 g/mol. The summed E-state index contributed by atoms with van der Waals surface area (Å²) in [4.78, 5) is 19.8. The molecule has 3 aromatic rings. The van der Waals surface area contributed by atoms with Crippen LogP contribution in [0.25, 0.3) is 10.2 Å². The van der Waals surface area contributed by atoms with Crippen molar-refractivity contribution in [1.82, 2.24) is 9.97 Å². The van der Waals surface area contributed by atoms with Crippen molar-refractivity contribution in [2.45, 2.75) is 6.42 Å². The molecule has 2 aromatic heterocycles. The highest BCUT2D eigenvalue weighted by molar-refractivity contribution is 7.16. The Hall–Kier alpha value is -2.47. The number of ether oxygens (including phenoxy) is 1. The van der Waals surface area contributed by atoms with Gasteiger partial charge in [0.1, 0.15) is 16.9 Å². The van der Waals surface area contributed by atoms with Gasteiger partial charge >= 0.3 is 5.97 Å². The molecule has 1 aromatic carbocycles. The summed E-state index contributed by atoms with van der Waals surface area (Å²) in [6.07, 6.45) is 1.42. The van der Waals surface area contributed by atoms with Crippen molar-refractivity contribution >= 4 is 27.5 Å². The van der Waals surface area contributed by atoms with E-state index in [0.29, 0.717) is 17.2 Å². The Morgan fingerprint density at radius 1 is 1.30 bits per heavy atom. The van der Waals surface area contributed by atoms with Gasteiger partial charge in [0.2, 0.25) is 5.88 Å². The molecule has 0 radical (unpaired) electrons. The summed E-state index contributed by atoms with van der Waals surface area (Å²) in [6, 6.07) is 8.89. The van der Waals surface area contributed by atoms with E-state index in [0.717, 1.165) is 10.2 Å². The number of carboxylic acids is 1. The molecule has 0 amide bonds. The van der Waals surface area contributed by atoms with Crippen LogP contribution in [0.15, 0.2) is 42.0 Å². The van der Waals surface area contributed by atoms with Crippen molar-refractivity contribution in [3.8, 4) is 11.6 Å². The quantitative estimate of drug-likeness (QED) is 0.797. The van der Waals surface area contributed by atoms with Gasteiger partial charge in [0.05, 0.1) is 11.8 Å². The molecule has 0 aliphatic carbocycles. The lowest BCUT2D eigenvalue weighted by Crippen LogP contribution is -2.00. The zero-order chi connectivity index (χ0) is 13.9. The second-order valence-corrected chi connectivity index (χ2v) is 5.03. The zero-order valence-corrected chi connectivity index (χ0v) is 11.1. The second kappa shape index (κ2) is 5.26. The van der Waals surface area contributed by atoms with E-state index in [2.05, 4.69) is 9.97 Å². The fourth-order valence-electron chi connectivity index (χ4n) is 1.85. The van der Waals surface area contributed by atoms with Gasteiger partial charge in [-0.15, -0.1) is 11.3 Å². The van der Waals surface area contributed by atoms with E-state index in [1.54, 1.807) is 24.3 Å². The van der Waals surface area contributed by atoms with E-state index in [4.69, 9.17) is 9.84 Å². The third-order valence-electron chi connectivity index (χ3n) is 2.69. The Morgan fingerprint density at radius 3 is 3.05 bits per heavy atom. The van der Waals surface area contributed by atoms with Gasteiger partial charge in [-0.1, -0.05) is 12.1 Å². The number of nitrogens with zero attached hydrogens (tertiary/aromatic N) is 2. The number of thiophene rings is 1. The lowest BCUT2D eigenvalue weighted by atomic mass is 10.1. The molecule has 0 saturated carbocycles. The van der Waals surface area contributed by atoms with Crippen molar-refractivity contribution < 1.29 is 14.6 Å². The lowest BCUT2D eigenvalue weighted by molar-refractivity contribution is -0.136. The van der Waals surface area contributed by atoms with Crippen LogP contribution < -0.4 is 4.74 Å². The molecule has 0 bridgehead atoms. The maximum atomic E-state index is 10.7. The summed E-state index contributed by atoms with van der Waals surface area (Å²) in [5, 5.41) is 11.6. The van der Waals surface area contributed by atoms with Crippen molar-refractivity contribution in [1.29, 1.82) is 0 Å². The van der Waals surface area contributed by atoms with Crippen LogP contribution in [0.4, 0.5) is 0 Å². The Morgan fingerprint density at radius 2 is 2.20 bits per heavy atom. The SMILES string of the molecule is O=C(O)Cc1cccc(Oc2ncnc3sccc23)c1. The largest absolute Gasteiger partial charge is 0.481 e. The molecule has 20 heavy (non-hydrogen) atoms. The Bertz CT molecular complexity index is 770. The van der Waals surface area contributed by atoms with Crippen LogP contribution in [-0.2, 0) is 11.2 Å². The van der Waals surface area contributed by atoms with Gasteiger partial charge in [-0.25, -0.2) is 9.97 Å². The minimum absolute atomic E-state index is 0.0329. The highest BCUT2D eigenvalue weighted by Gasteiger charge is 2.08. The van der Waals surface area contributed by atoms with Gasteiger partial charge in [-0.2, -0.15) is 0 Å². The number of fused-ring (bicyclic) bond motifs is 1. The first kappa shape index (κ1) is 12.6. The lowest BCUT2D eigenvalue weighted by Gasteiger charge is -2.06. The predicted molar refractivity (Wildman–Crippen MR) is 75.3 cm³/mol. The minimum atomic E-state index is -0.871. The average Bonchev–Trinajstić information content (AvgIpc) is 2.88. The van der Waals surface area contributed by atoms with E-state index in [9.17, 15) is 4.79 Å². The number of hydrogen-bond acceptors (Lipinski definition) is 5. The smallest absolute Gasteiger partial charge is 0.307 e. The van der Waals surface area contributed by atoms with E-state index in [-0.39, 0.29) is 6.42 Å². The molecule has 0 atom stereocenters. The fourth-order valence-corrected chi connectivity index (χ4v) is 2.58. The maximum Gasteiger partial charge on any atom is 0.307 e. The predicted octanol–water partition coefficient (Wildman–Crippen LogP) is 3.11. The summed E-state index contributed by atoms with van der Waals surface area (Å²) in [5.41, 5.74) is 0.686. The monoisotopic (exact) mass is 286 g/mol. The highest BCUT2D eigenvalue weighted by Crippen LogP contribution is 2.29. The standard InChI is InChI=1S/C14H10N2O3S/c17-12(18)7-9-2-1-3-10(6-9)19-13-11-4-5-20-14(11)16-8-15-13/h1-6,8H,7H2,(H,17,18). The molecule has 0 fully saturated rings. The summed E-state index contributed by atoms with van der Waals surface area (Å²) in [6.45, 7) is 0. The molecule has 100 valence electrons. The Balaban J connectivity index is 1.91. The number of aromatic nitrogens is 2. The van der Waals surface area contributed by atoms with E-state index in [1.165, 1.54) is 17.7 Å². The van der Waals surface area contributed by atoms with E-state index >= 15 is 0 Å². The molecule has 2 heterocycles. The molecule has 0 spiro atoms. The van der Waals surface area contributed by atoms with E-state index in [1.807, 2.05) is 11.4 Å². The van der Waals surface area contributed by atoms with Crippen LogP contribution in [-0.4, -0.2) is 21.0 Å². The van der Waals surface area contributed by atoms with Crippen LogP contribution in [0.1, 0.15) is 5.56 Å². The third-order valence-corrected chi connectivity index (χ3v) is 3.51. The molecule has 0 unspecified atom stereocenters. The maximum absolute atomic E-state index is 10.7. The van der Waals surface area contributed by atoms with Crippen LogP contribution in [0.3, 0.4) is 0 Å². The molecule has 0 aliphatic rings. The van der Waals surface area contributed by atoms with Gasteiger partial charge in [0, 0.05) is 0 Å². The minimum Gasteiger partial charge on any atom is -0.481 e. The van der Waals surface area contributed by atoms with Gasteiger partial charge in [-0.3, -0.25) is 4.79 Å². The summed E-state index contributed by atoms with van der Waals surface area (Å²) in [5.74, 6) is 0.170. The van der Waals surface area contributed by atoms with Crippen molar-refractivity contribution in [3.05, 3.63) is 47.6 Å². The van der Waals surface area contributed by atoms with Gasteiger partial charge in [0.15, 0.2) is 0 Å². The zero-order valence-electron chi connectivity index (χ0n) is 10.3. The first-order valence-electron chi connectivity index (χ1n) is 5.89. The van der Waals surface area contributed by atoms with Crippen molar-refractivity contribution in [2.24, 2.45) is 0 Å². The van der Waals surface area contributed by atoms with Crippen LogP contribution in [0.2, 0.25) is 0 Å². The number of carbonyl (C=O) groups is 1. The van der Waals surface area contributed by atoms with Gasteiger partial charge in [-0.05, 0) is 29.1 Å². The third kappa shape index (κ3) is 2.60. The van der Waals surface area contributed by atoms with Crippen LogP contribution in [0, 0.1) is 0 Å². The van der Waals surface area contributed by atoms with Crippen LogP contribution in [0.5, 0.6) is 11.6 Å². The Labute approximate surface area is 118 Å². The first-order valence-corrected chi connectivity index (χ1v) is 6.77. The normalized spacial score (nSPS) is 10.6. The van der Waals surface area contributed by atoms with Gasteiger partial charge < -0.3 is 9.84 Å². The van der Waals surface area contributed by atoms with Crippen molar-refractivity contribution in [3.63, 3.8) is 0 Å². The van der Waals surface area contributed by atoms with Gasteiger partial charge in [0.25, 0.3) is 0 Å². The number of carboxylic acid groups (broad SMARTS) is 1. The molecule has 1 N–H and O–H groups in total. The fraction of sp³-hybridized carbons (Fsp3) is 0.0714. The number of aliphatic carboxylic acids is 1. The number of rotatable bonds is 4. The molecule has 3 rings (SSSR count). The molecule has 6 heteroatoms. The van der Waals surface area contributed by atoms with Crippen LogP contribution >= 0.6 is 11.3 Å². The van der Waals surface area contributed by atoms with E-state index < -0.39 is 5.97 Å². The summed E-state index contributed by atoms with van der Waals surface area (Å²) in [7, 11) is 0. The number of benzene rings is 1. The highest BCUT2D eigenvalue weighted by atomic mass is 32.1. The second-order valence-electron chi connectivity index (χ2n) is 4.14. The average molecular weight is 286 g/mol. The van der Waals surface area contributed by atoms with Crippen molar-refractivity contribution in [2.75, 3.05) is 0 Å².